The van der Waals surface area contributed by atoms with Crippen molar-refractivity contribution in [3.05, 3.63) is 0 Å². The number of hydrogen-bond acceptors (Lipinski definition) is 4. The Hall–Kier alpha value is -0.260. The molecule has 1 amide bonds. The predicted molar refractivity (Wildman–Crippen MR) is 78.9 cm³/mol. The Bertz CT molecular complexity index is 257. The zero-order chi connectivity index (χ0) is 13.6. The Labute approximate surface area is 115 Å². The first-order valence-electron chi connectivity index (χ1n) is 6.75. The second kappa shape index (κ2) is 7.36. The lowest BCUT2D eigenvalue weighted by molar-refractivity contribution is -0.123. The molecule has 0 aromatic heterocycles. The molecule has 0 radical (unpaired) electrons. The average molecular weight is 273 g/mol. The molecule has 0 aromatic rings. The highest BCUT2D eigenvalue weighted by Gasteiger charge is 2.23. The van der Waals surface area contributed by atoms with Crippen LogP contribution in [0.25, 0.3) is 0 Å². The molecule has 0 aliphatic carbocycles. The van der Waals surface area contributed by atoms with Crippen molar-refractivity contribution in [1.29, 1.82) is 0 Å². The van der Waals surface area contributed by atoms with E-state index in [1.807, 2.05) is 32.5 Å². The van der Waals surface area contributed by atoms with Gasteiger partial charge in [-0.2, -0.15) is 11.8 Å². The number of carbonyl (C=O) groups excluding carboxylic acids is 1. The first-order valence-corrected chi connectivity index (χ1v) is 7.91. The highest BCUT2D eigenvalue weighted by molar-refractivity contribution is 7.99. The molecule has 1 fully saturated rings. The van der Waals surface area contributed by atoms with Crippen LogP contribution in [0.2, 0.25) is 0 Å². The van der Waals surface area contributed by atoms with Crippen LogP contribution in [0.4, 0.5) is 0 Å². The molecule has 3 N–H and O–H groups in total. The van der Waals surface area contributed by atoms with Gasteiger partial charge in [-0.05, 0) is 39.5 Å². The fourth-order valence-electron chi connectivity index (χ4n) is 2.18. The minimum absolute atomic E-state index is 0.106. The summed E-state index contributed by atoms with van der Waals surface area (Å²) in [7, 11) is 0. The molecule has 4 nitrogen and oxygen atoms in total. The number of nitrogens with two attached hydrogens (primary N) is 1. The molecule has 1 unspecified atom stereocenters. The first-order chi connectivity index (χ1) is 8.42. The Morgan fingerprint density at radius 2 is 2.11 bits per heavy atom. The molecule has 0 aromatic carbocycles. The van der Waals surface area contributed by atoms with Crippen molar-refractivity contribution in [2.75, 3.05) is 31.1 Å². The molecule has 1 atom stereocenters. The maximum Gasteiger partial charge on any atom is 0.222 e. The van der Waals surface area contributed by atoms with Crippen LogP contribution in [0.1, 0.15) is 33.6 Å². The van der Waals surface area contributed by atoms with E-state index in [9.17, 15) is 4.79 Å². The molecule has 0 spiro atoms. The molecule has 1 aliphatic rings. The molecule has 1 rings (SSSR count). The zero-order valence-corrected chi connectivity index (χ0v) is 12.7. The minimum Gasteiger partial charge on any atom is -0.351 e. The second-order valence-corrected chi connectivity index (χ2v) is 7.12. The van der Waals surface area contributed by atoms with Gasteiger partial charge in [-0.25, -0.2) is 0 Å². The van der Waals surface area contributed by atoms with Crippen molar-refractivity contribution in [3.8, 4) is 0 Å². The van der Waals surface area contributed by atoms with Crippen molar-refractivity contribution >= 4 is 17.7 Å². The fourth-order valence-corrected chi connectivity index (χ4v) is 3.08. The summed E-state index contributed by atoms with van der Waals surface area (Å²) in [5.41, 5.74) is 5.68. The number of rotatable bonds is 4. The van der Waals surface area contributed by atoms with Gasteiger partial charge >= 0.3 is 0 Å². The van der Waals surface area contributed by atoms with Gasteiger partial charge in [-0.3, -0.25) is 9.69 Å². The molecule has 1 heterocycles. The van der Waals surface area contributed by atoms with Crippen molar-refractivity contribution in [3.63, 3.8) is 0 Å². The lowest BCUT2D eigenvalue weighted by atomic mass is 10.1. The van der Waals surface area contributed by atoms with Crippen molar-refractivity contribution in [2.24, 2.45) is 5.73 Å². The van der Waals surface area contributed by atoms with Gasteiger partial charge in [0.2, 0.25) is 5.91 Å². The van der Waals surface area contributed by atoms with Crippen molar-refractivity contribution < 1.29 is 4.79 Å². The third kappa shape index (κ3) is 6.07. The summed E-state index contributed by atoms with van der Waals surface area (Å²) < 4.78 is 0. The summed E-state index contributed by atoms with van der Waals surface area (Å²) in [5.74, 6) is 2.48. The Morgan fingerprint density at radius 1 is 1.39 bits per heavy atom. The van der Waals surface area contributed by atoms with Gasteiger partial charge in [0, 0.05) is 36.8 Å². The van der Waals surface area contributed by atoms with Crippen LogP contribution in [0, 0.1) is 0 Å². The number of nitrogens with zero attached hydrogens (tertiary/aromatic N) is 1. The van der Waals surface area contributed by atoms with E-state index in [4.69, 9.17) is 5.73 Å². The molecule has 0 bridgehead atoms. The van der Waals surface area contributed by atoms with Crippen LogP contribution in [-0.2, 0) is 4.79 Å². The van der Waals surface area contributed by atoms with Gasteiger partial charge in [0.15, 0.2) is 0 Å². The third-order valence-corrected chi connectivity index (χ3v) is 4.03. The molecule has 1 aliphatic heterocycles. The highest BCUT2D eigenvalue weighted by atomic mass is 32.2. The topological polar surface area (TPSA) is 58.4 Å². The number of hydrogen-bond donors (Lipinski definition) is 2. The smallest absolute Gasteiger partial charge is 0.222 e. The fraction of sp³-hybridized carbons (Fsp3) is 0.923. The number of carbonyl (C=O) groups is 1. The molecule has 1 saturated heterocycles. The largest absolute Gasteiger partial charge is 0.351 e. The molecular weight excluding hydrogens is 246 g/mol. The SMILES string of the molecule is CC(C)(C)NC(=O)CC(CN)N1CCCSCC1. The summed E-state index contributed by atoms with van der Waals surface area (Å²) in [6.45, 7) is 8.69. The lowest BCUT2D eigenvalue weighted by Gasteiger charge is -2.30. The zero-order valence-electron chi connectivity index (χ0n) is 11.9. The lowest BCUT2D eigenvalue weighted by Crippen LogP contribution is -2.48. The molecule has 18 heavy (non-hydrogen) atoms. The second-order valence-electron chi connectivity index (χ2n) is 5.89. The Balaban J connectivity index is 2.47. The molecule has 5 heteroatoms. The van der Waals surface area contributed by atoms with Crippen LogP contribution in [-0.4, -0.2) is 53.5 Å². The van der Waals surface area contributed by atoms with Crippen LogP contribution in [0.5, 0.6) is 0 Å². The average Bonchev–Trinajstić information content (AvgIpc) is 2.51. The van der Waals surface area contributed by atoms with Gasteiger partial charge in [0.25, 0.3) is 0 Å². The van der Waals surface area contributed by atoms with Crippen molar-refractivity contribution in [1.82, 2.24) is 10.2 Å². The maximum absolute atomic E-state index is 12.0. The van der Waals surface area contributed by atoms with E-state index in [2.05, 4.69) is 10.2 Å². The molecular formula is C13H27N3OS. The van der Waals surface area contributed by atoms with E-state index in [0.717, 1.165) is 18.8 Å². The number of nitrogens with one attached hydrogen (secondary N) is 1. The summed E-state index contributed by atoms with van der Waals surface area (Å²) in [6, 6.07) is 0.186. The van der Waals surface area contributed by atoms with E-state index < -0.39 is 0 Å². The van der Waals surface area contributed by atoms with Gasteiger partial charge < -0.3 is 11.1 Å². The van der Waals surface area contributed by atoms with Gasteiger partial charge in [-0.15, -0.1) is 0 Å². The monoisotopic (exact) mass is 273 g/mol. The summed E-state index contributed by atoms with van der Waals surface area (Å²) in [5, 5.41) is 3.01. The van der Waals surface area contributed by atoms with E-state index in [1.165, 1.54) is 12.2 Å². The minimum atomic E-state index is -0.162. The quantitative estimate of drug-likeness (QED) is 0.804. The van der Waals surface area contributed by atoms with Crippen molar-refractivity contribution in [2.45, 2.75) is 45.2 Å². The Morgan fingerprint density at radius 3 is 2.72 bits per heavy atom. The Kier molecular flexibility index (Phi) is 6.46. The van der Waals surface area contributed by atoms with Gasteiger partial charge in [0.05, 0.1) is 0 Å². The standard InChI is InChI=1S/C13H27N3OS/c1-13(2,3)15-12(17)9-11(10-14)16-5-4-7-18-8-6-16/h11H,4-10,14H2,1-3H3,(H,15,17). The maximum atomic E-state index is 12.0. The van der Waals surface area contributed by atoms with E-state index >= 15 is 0 Å². The van der Waals surface area contributed by atoms with E-state index in [-0.39, 0.29) is 17.5 Å². The summed E-state index contributed by atoms with van der Waals surface area (Å²) in [6.07, 6.45) is 1.71. The van der Waals surface area contributed by atoms with E-state index in [0.29, 0.717) is 13.0 Å². The number of amides is 1. The number of thioether (sulfide) groups is 1. The summed E-state index contributed by atoms with van der Waals surface area (Å²) in [4.78, 5) is 14.3. The third-order valence-electron chi connectivity index (χ3n) is 2.98. The molecule has 106 valence electrons. The van der Waals surface area contributed by atoms with Gasteiger partial charge in [0.1, 0.15) is 0 Å². The van der Waals surface area contributed by atoms with Crippen LogP contribution >= 0.6 is 11.8 Å². The first kappa shape index (κ1) is 15.8. The van der Waals surface area contributed by atoms with Crippen LogP contribution < -0.4 is 11.1 Å². The predicted octanol–water partition coefficient (Wildman–Crippen LogP) is 1.06. The van der Waals surface area contributed by atoms with E-state index in [1.54, 1.807) is 0 Å². The van der Waals surface area contributed by atoms with Gasteiger partial charge in [-0.1, -0.05) is 0 Å². The molecule has 0 saturated carbocycles. The highest BCUT2D eigenvalue weighted by Crippen LogP contribution is 2.14. The van der Waals surface area contributed by atoms with Crippen LogP contribution in [0.15, 0.2) is 0 Å². The summed E-state index contributed by atoms with van der Waals surface area (Å²) >= 11 is 1.99. The van der Waals surface area contributed by atoms with Crippen LogP contribution in [0.3, 0.4) is 0 Å². The normalized spacial score (nSPS) is 20.2.